The summed E-state index contributed by atoms with van der Waals surface area (Å²) in [5.74, 6) is -0.251. The van der Waals surface area contributed by atoms with E-state index in [-0.39, 0.29) is 16.3 Å². The van der Waals surface area contributed by atoms with Gasteiger partial charge in [0.15, 0.2) is 0 Å². The molecule has 0 aliphatic carbocycles. The number of nitrogens with one attached hydrogen (secondary N) is 1. The number of aromatic hydroxyl groups is 1. The summed E-state index contributed by atoms with van der Waals surface area (Å²) in [5, 5.41) is 9.93. The number of phenolic OH excluding ortho intramolecular Hbond substituents is 1. The van der Waals surface area contributed by atoms with Gasteiger partial charge < -0.3 is 5.11 Å². The molecule has 0 spiro atoms. The van der Waals surface area contributed by atoms with Gasteiger partial charge in [0.2, 0.25) is 0 Å². The second-order valence-electron chi connectivity index (χ2n) is 3.61. The Morgan fingerprint density at radius 3 is 2.63 bits per heavy atom. The molecule has 1 aromatic heterocycles. The Balaban J connectivity index is 2.36. The third-order valence-electron chi connectivity index (χ3n) is 2.19. The summed E-state index contributed by atoms with van der Waals surface area (Å²) in [5.41, 5.74) is 0.0457. The van der Waals surface area contributed by atoms with E-state index < -0.39 is 10.0 Å². The molecule has 5 nitrogen and oxygen atoms in total. The molecule has 2 aromatic rings. The molecule has 0 amide bonds. The summed E-state index contributed by atoms with van der Waals surface area (Å²) in [7, 11) is -3.82. The highest BCUT2D eigenvalue weighted by Gasteiger charge is 2.16. The summed E-state index contributed by atoms with van der Waals surface area (Å²) in [6, 6.07) is 5.50. The fourth-order valence-electron chi connectivity index (χ4n) is 1.33. The zero-order valence-electron chi connectivity index (χ0n) is 9.34. The zero-order valence-corrected chi connectivity index (χ0v) is 12.5. The molecule has 0 unspecified atom stereocenters. The van der Waals surface area contributed by atoms with Crippen LogP contribution in [0.3, 0.4) is 0 Å². The van der Waals surface area contributed by atoms with E-state index >= 15 is 0 Å². The normalized spacial score (nSPS) is 11.3. The number of halogens is 2. The first-order valence-corrected chi connectivity index (χ1v) is 7.66. The number of pyridine rings is 1. The number of sulfonamides is 1. The first kappa shape index (κ1) is 14.1. The molecule has 0 aliphatic heterocycles. The average Bonchev–Trinajstić information content (AvgIpc) is 2.33. The largest absolute Gasteiger partial charge is 0.506 e. The smallest absolute Gasteiger partial charge is 0.263 e. The van der Waals surface area contributed by atoms with Gasteiger partial charge in [0.05, 0.1) is 5.69 Å². The maximum absolute atomic E-state index is 12.1. The van der Waals surface area contributed by atoms with Crippen molar-refractivity contribution in [2.75, 3.05) is 4.72 Å². The Kier molecular flexibility index (Phi) is 3.98. The van der Waals surface area contributed by atoms with Gasteiger partial charge in [-0.25, -0.2) is 8.42 Å². The molecule has 19 heavy (non-hydrogen) atoms. The number of nitrogens with zero attached hydrogens (tertiary/aromatic N) is 1. The molecule has 0 bridgehead atoms. The van der Waals surface area contributed by atoms with E-state index in [9.17, 15) is 13.5 Å². The second-order valence-corrected chi connectivity index (χ2v) is 6.64. The van der Waals surface area contributed by atoms with Crippen molar-refractivity contribution in [1.29, 1.82) is 0 Å². The first-order valence-electron chi connectivity index (χ1n) is 5.00. The molecule has 8 heteroatoms. The Morgan fingerprint density at radius 2 is 2.00 bits per heavy atom. The van der Waals surface area contributed by atoms with Gasteiger partial charge in [-0.05, 0) is 34.1 Å². The van der Waals surface area contributed by atoms with Crippen LogP contribution >= 0.6 is 27.5 Å². The fourth-order valence-corrected chi connectivity index (χ4v) is 3.08. The van der Waals surface area contributed by atoms with Crippen molar-refractivity contribution in [3.8, 4) is 5.75 Å². The quantitative estimate of drug-likeness (QED) is 0.822. The van der Waals surface area contributed by atoms with E-state index in [4.69, 9.17) is 11.6 Å². The molecule has 0 saturated carbocycles. The molecular formula is C11H8BrClN2O3S. The van der Waals surface area contributed by atoms with Gasteiger partial charge in [0.25, 0.3) is 10.0 Å². The molecule has 0 aliphatic rings. The minimum Gasteiger partial charge on any atom is -0.506 e. The Morgan fingerprint density at radius 1 is 1.26 bits per heavy atom. The van der Waals surface area contributed by atoms with Gasteiger partial charge in [-0.1, -0.05) is 11.6 Å². The van der Waals surface area contributed by atoms with E-state index in [0.717, 1.165) is 0 Å². The maximum atomic E-state index is 12.1. The van der Waals surface area contributed by atoms with Crippen molar-refractivity contribution in [3.63, 3.8) is 0 Å². The third-order valence-corrected chi connectivity index (χ3v) is 4.20. The van der Waals surface area contributed by atoms with Crippen molar-refractivity contribution in [2.24, 2.45) is 0 Å². The van der Waals surface area contributed by atoms with E-state index in [0.29, 0.717) is 9.50 Å². The molecule has 0 radical (unpaired) electrons. The summed E-state index contributed by atoms with van der Waals surface area (Å²) in [6.07, 6.45) is 2.68. The molecule has 1 aromatic carbocycles. The minimum atomic E-state index is -3.82. The van der Waals surface area contributed by atoms with Gasteiger partial charge in [0, 0.05) is 28.0 Å². The lowest BCUT2D eigenvalue weighted by molar-refractivity contribution is 0.477. The molecule has 0 fully saturated rings. The lowest BCUT2D eigenvalue weighted by Gasteiger charge is -2.09. The van der Waals surface area contributed by atoms with Gasteiger partial charge in [-0.15, -0.1) is 0 Å². The average molecular weight is 364 g/mol. The number of anilines is 1. The van der Waals surface area contributed by atoms with Crippen LogP contribution < -0.4 is 4.72 Å². The van der Waals surface area contributed by atoms with Crippen LogP contribution in [0.2, 0.25) is 5.02 Å². The predicted molar refractivity (Wildman–Crippen MR) is 75.9 cm³/mol. The summed E-state index contributed by atoms with van der Waals surface area (Å²) >= 11 is 8.82. The van der Waals surface area contributed by atoms with Crippen LogP contribution in [-0.2, 0) is 10.0 Å². The summed E-state index contributed by atoms with van der Waals surface area (Å²) in [6.45, 7) is 0. The number of benzene rings is 1. The predicted octanol–water partition coefficient (Wildman–Crippen LogP) is 3.00. The van der Waals surface area contributed by atoms with Crippen LogP contribution in [0.25, 0.3) is 0 Å². The van der Waals surface area contributed by atoms with Crippen LogP contribution in [0.1, 0.15) is 0 Å². The lowest BCUT2D eigenvalue weighted by atomic mass is 10.3. The summed E-state index contributed by atoms with van der Waals surface area (Å²) in [4.78, 5) is 3.76. The minimum absolute atomic E-state index is 0.0174. The monoisotopic (exact) mass is 362 g/mol. The Hall–Kier alpha value is -1.31. The Labute approximate surface area is 123 Å². The lowest BCUT2D eigenvalue weighted by Crippen LogP contribution is -2.13. The molecule has 0 atom stereocenters. The highest BCUT2D eigenvalue weighted by atomic mass is 79.9. The van der Waals surface area contributed by atoms with Crippen molar-refractivity contribution in [3.05, 3.63) is 46.2 Å². The number of hydrogen-bond donors (Lipinski definition) is 2. The standard InChI is InChI=1S/C11H8BrClN2O3S/c12-7-3-9(6-14-5-7)19(17,18)15-10-2-1-8(13)4-11(10)16/h1-6,15-16H. The molecule has 1 heterocycles. The number of hydrogen-bond acceptors (Lipinski definition) is 4. The SMILES string of the molecule is O=S(=O)(Nc1ccc(Cl)cc1O)c1cncc(Br)c1. The second kappa shape index (κ2) is 5.36. The fraction of sp³-hybridized carbons (Fsp3) is 0. The van der Waals surface area contributed by atoms with Crippen LogP contribution in [-0.4, -0.2) is 18.5 Å². The number of rotatable bonds is 3. The maximum Gasteiger partial charge on any atom is 0.263 e. The van der Waals surface area contributed by atoms with Crippen molar-refractivity contribution in [1.82, 2.24) is 4.98 Å². The molecule has 0 saturated heterocycles. The molecule has 2 N–H and O–H groups in total. The topological polar surface area (TPSA) is 79.3 Å². The summed E-state index contributed by atoms with van der Waals surface area (Å²) < 4.78 is 26.9. The molecule has 100 valence electrons. The molecular weight excluding hydrogens is 356 g/mol. The van der Waals surface area contributed by atoms with E-state index in [1.807, 2.05) is 0 Å². The van der Waals surface area contributed by atoms with Crippen molar-refractivity contribution < 1.29 is 13.5 Å². The van der Waals surface area contributed by atoms with Crippen molar-refractivity contribution in [2.45, 2.75) is 4.90 Å². The number of aromatic nitrogens is 1. The highest BCUT2D eigenvalue weighted by molar-refractivity contribution is 9.10. The van der Waals surface area contributed by atoms with Crippen LogP contribution in [0.5, 0.6) is 5.75 Å². The first-order chi connectivity index (χ1) is 8.88. The van der Waals surface area contributed by atoms with Crippen LogP contribution in [0, 0.1) is 0 Å². The number of phenols is 1. The third kappa shape index (κ3) is 3.37. The van der Waals surface area contributed by atoms with Gasteiger partial charge in [-0.2, -0.15) is 0 Å². The zero-order chi connectivity index (χ0) is 14.0. The highest BCUT2D eigenvalue weighted by Crippen LogP contribution is 2.28. The van der Waals surface area contributed by atoms with E-state index in [1.165, 1.54) is 36.7 Å². The van der Waals surface area contributed by atoms with E-state index in [1.54, 1.807) is 0 Å². The van der Waals surface area contributed by atoms with Crippen molar-refractivity contribution >= 4 is 43.2 Å². The van der Waals surface area contributed by atoms with Gasteiger partial charge in [-0.3, -0.25) is 9.71 Å². The van der Waals surface area contributed by atoms with Crippen LogP contribution in [0.4, 0.5) is 5.69 Å². The Bertz CT molecular complexity index is 722. The van der Waals surface area contributed by atoms with Gasteiger partial charge in [0.1, 0.15) is 10.6 Å². The van der Waals surface area contributed by atoms with E-state index in [2.05, 4.69) is 25.6 Å². The van der Waals surface area contributed by atoms with Crippen LogP contribution in [0.15, 0.2) is 46.0 Å². The van der Waals surface area contributed by atoms with Gasteiger partial charge >= 0.3 is 0 Å². The molecule has 2 rings (SSSR count).